The van der Waals surface area contributed by atoms with Gasteiger partial charge in [-0.15, -0.1) is 0 Å². The molecule has 0 atom stereocenters. The fourth-order valence-corrected chi connectivity index (χ4v) is 4.09. The van der Waals surface area contributed by atoms with Crippen LogP contribution in [0.5, 0.6) is 11.5 Å². The first-order valence-corrected chi connectivity index (χ1v) is 9.69. The molecule has 2 aromatic carbocycles. The molecule has 0 saturated carbocycles. The zero-order chi connectivity index (χ0) is 19.1. The fraction of sp³-hybridized carbons (Fsp3) is 0.111. The highest BCUT2D eigenvalue weighted by atomic mass is 79.9. The van der Waals surface area contributed by atoms with Crippen LogP contribution in [0.2, 0.25) is 5.02 Å². The zero-order valence-corrected chi connectivity index (χ0v) is 16.7. The summed E-state index contributed by atoms with van der Waals surface area (Å²) in [5, 5.41) is -0.0223. The largest absolute Gasteiger partial charge is 0.454 e. The fourth-order valence-electron chi connectivity index (χ4n) is 2.64. The van der Waals surface area contributed by atoms with Crippen molar-refractivity contribution in [2.45, 2.75) is 6.54 Å². The molecule has 0 spiro atoms. The second-order valence-corrected chi connectivity index (χ2v) is 7.99. The Morgan fingerprint density at radius 2 is 1.96 bits per heavy atom. The third-order valence-electron chi connectivity index (χ3n) is 3.99. The Bertz CT molecular complexity index is 1010. The average molecular weight is 471 g/mol. The highest BCUT2D eigenvalue weighted by molar-refractivity contribution is 9.10. The molecule has 2 aliphatic rings. The molecule has 1 saturated heterocycles. The van der Waals surface area contributed by atoms with Crippen LogP contribution in [0.15, 0.2) is 39.7 Å². The van der Waals surface area contributed by atoms with E-state index in [-0.39, 0.29) is 22.7 Å². The molecule has 0 N–H and O–H groups in total. The van der Waals surface area contributed by atoms with Crippen molar-refractivity contribution in [3.05, 3.63) is 61.7 Å². The van der Waals surface area contributed by atoms with Crippen LogP contribution in [0.4, 0.5) is 9.18 Å². The van der Waals surface area contributed by atoms with E-state index in [1.807, 2.05) is 0 Å². The topological polar surface area (TPSA) is 55.8 Å². The Morgan fingerprint density at radius 3 is 2.70 bits per heavy atom. The zero-order valence-electron chi connectivity index (χ0n) is 13.5. The number of hydrogen-bond donors (Lipinski definition) is 0. The Kier molecular flexibility index (Phi) is 4.88. The quantitative estimate of drug-likeness (QED) is 0.577. The van der Waals surface area contributed by atoms with Gasteiger partial charge in [-0.25, -0.2) is 4.39 Å². The molecule has 2 heterocycles. The smallest absolute Gasteiger partial charge is 0.293 e. The van der Waals surface area contributed by atoms with E-state index in [1.54, 1.807) is 18.2 Å². The number of halogens is 3. The Balaban J connectivity index is 1.58. The first kappa shape index (κ1) is 18.3. The number of benzene rings is 2. The number of thioether (sulfide) groups is 1. The highest BCUT2D eigenvalue weighted by Gasteiger charge is 2.35. The Morgan fingerprint density at radius 1 is 1.22 bits per heavy atom. The van der Waals surface area contributed by atoms with Crippen LogP contribution in [0.25, 0.3) is 6.08 Å². The van der Waals surface area contributed by atoms with Crippen molar-refractivity contribution in [2.24, 2.45) is 0 Å². The number of hydrogen-bond acceptors (Lipinski definition) is 5. The molecule has 5 nitrogen and oxygen atoms in total. The van der Waals surface area contributed by atoms with Crippen molar-refractivity contribution >= 4 is 56.5 Å². The van der Waals surface area contributed by atoms with Crippen LogP contribution >= 0.6 is 39.3 Å². The van der Waals surface area contributed by atoms with Crippen molar-refractivity contribution in [1.29, 1.82) is 0 Å². The van der Waals surface area contributed by atoms with Crippen LogP contribution in [-0.2, 0) is 11.3 Å². The van der Waals surface area contributed by atoms with Gasteiger partial charge in [0.05, 0.1) is 15.9 Å². The van der Waals surface area contributed by atoms with Gasteiger partial charge in [0, 0.05) is 11.1 Å². The second kappa shape index (κ2) is 7.18. The molecular formula is C18H10BrClFNO4S. The summed E-state index contributed by atoms with van der Waals surface area (Å²) < 4.78 is 24.2. The normalized spacial score (nSPS) is 17.3. The summed E-state index contributed by atoms with van der Waals surface area (Å²) in [7, 11) is 0. The van der Waals surface area contributed by atoms with E-state index in [4.69, 9.17) is 21.1 Å². The summed E-state index contributed by atoms with van der Waals surface area (Å²) in [4.78, 5) is 26.3. The van der Waals surface area contributed by atoms with Gasteiger partial charge in [-0.05, 0) is 63.1 Å². The number of carbonyl (C=O) groups is 2. The molecule has 1 fully saturated rings. The molecule has 2 aliphatic heterocycles. The van der Waals surface area contributed by atoms with E-state index >= 15 is 0 Å². The molecule has 0 radical (unpaired) electrons. The molecule has 138 valence electrons. The summed E-state index contributed by atoms with van der Waals surface area (Å²) in [6.45, 7) is 0.122. The third kappa shape index (κ3) is 3.56. The maximum Gasteiger partial charge on any atom is 0.293 e. The van der Waals surface area contributed by atoms with Crippen LogP contribution in [0, 0.1) is 5.82 Å². The van der Waals surface area contributed by atoms with Gasteiger partial charge >= 0.3 is 0 Å². The molecular weight excluding hydrogens is 461 g/mol. The average Bonchev–Trinajstić information content (AvgIpc) is 3.17. The van der Waals surface area contributed by atoms with E-state index < -0.39 is 17.0 Å². The Labute approximate surface area is 171 Å². The maximum absolute atomic E-state index is 13.4. The SMILES string of the molecule is O=C1S/C(=C/c2ccc(F)c(Br)c2)C(=O)N1Cc1cc2c(cc1Cl)OCO2. The van der Waals surface area contributed by atoms with Gasteiger partial charge in [-0.1, -0.05) is 17.7 Å². The highest BCUT2D eigenvalue weighted by Crippen LogP contribution is 2.39. The van der Waals surface area contributed by atoms with Crippen molar-refractivity contribution < 1.29 is 23.5 Å². The van der Waals surface area contributed by atoms with Crippen molar-refractivity contribution in [3.63, 3.8) is 0 Å². The first-order chi connectivity index (χ1) is 12.9. The standard InChI is InChI=1S/C18H10BrClFNO4S/c19-11-3-9(1-2-13(11)21)4-16-17(23)22(18(24)27-16)7-10-5-14-15(6-12(10)20)26-8-25-14/h1-6H,7-8H2/b16-4+. The van der Waals surface area contributed by atoms with Gasteiger partial charge in [-0.3, -0.25) is 14.5 Å². The minimum atomic E-state index is -0.431. The van der Waals surface area contributed by atoms with E-state index in [9.17, 15) is 14.0 Å². The summed E-state index contributed by atoms with van der Waals surface area (Å²) in [6.07, 6.45) is 1.55. The van der Waals surface area contributed by atoms with Gasteiger partial charge in [0.15, 0.2) is 11.5 Å². The molecule has 9 heteroatoms. The minimum absolute atomic E-state index is 0.0184. The molecule has 27 heavy (non-hydrogen) atoms. The van der Waals surface area contributed by atoms with Crippen LogP contribution < -0.4 is 9.47 Å². The van der Waals surface area contributed by atoms with Gasteiger partial charge in [0.25, 0.3) is 11.1 Å². The number of amides is 2. The van der Waals surface area contributed by atoms with Crippen LogP contribution in [0.3, 0.4) is 0 Å². The number of carbonyl (C=O) groups excluding carboxylic acids is 2. The monoisotopic (exact) mass is 469 g/mol. The molecule has 2 aromatic rings. The minimum Gasteiger partial charge on any atom is -0.454 e. The lowest BCUT2D eigenvalue weighted by Gasteiger charge is -2.14. The Hall–Kier alpha value is -2.03. The number of imide groups is 1. The molecule has 0 aromatic heterocycles. The van der Waals surface area contributed by atoms with E-state index in [0.29, 0.717) is 27.6 Å². The molecule has 2 amide bonds. The van der Waals surface area contributed by atoms with Crippen molar-refractivity contribution in [3.8, 4) is 11.5 Å². The number of nitrogens with zero attached hydrogens (tertiary/aromatic N) is 1. The lowest BCUT2D eigenvalue weighted by atomic mass is 10.1. The summed E-state index contributed by atoms with van der Waals surface area (Å²) >= 11 is 10.2. The van der Waals surface area contributed by atoms with Crippen molar-refractivity contribution in [1.82, 2.24) is 4.90 Å². The molecule has 4 rings (SSSR count). The van der Waals surface area contributed by atoms with Gasteiger partial charge < -0.3 is 9.47 Å². The predicted octanol–water partition coefficient (Wildman–Crippen LogP) is 5.21. The first-order valence-electron chi connectivity index (χ1n) is 7.71. The number of fused-ring (bicyclic) bond motifs is 1. The lowest BCUT2D eigenvalue weighted by Crippen LogP contribution is -2.27. The molecule has 0 aliphatic carbocycles. The van der Waals surface area contributed by atoms with Crippen molar-refractivity contribution in [2.75, 3.05) is 6.79 Å². The second-order valence-electron chi connectivity index (χ2n) is 5.74. The van der Waals surface area contributed by atoms with Gasteiger partial charge in [0.2, 0.25) is 6.79 Å². The summed E-state index contributed by atoms with van der Waals surface area (Å²) in [5.41, 5.74) is 1.18. The summed E-state index contributed by atoms with van der Waals surface area (Å²) in [5.74, 6) is 0.213. The van der Waals surface area contributed by atoms with Gasteiger partial charge in [-0.2, -0.15) is 0 Å². The van der Waals surface area contributed by atoms with E-state index in [0.717, 1.165) is 16.7 Å². The van der Waals surface area contributed by atoms with Crippen LogP contribution in [-0.4, -0.2) is 22.8 Å². The van der Waals surface area contributed by atoms with Crippen LogP contribution in [0.1, 0.15) is 11.1 Å². The maximum atomic E-state index is 13.4. The molecule has 0 unspecified atom stereocenters. The van der Waals surface area contributed by atoms with E-state index in [1.165, 1.54) is 18.2 Å². The van der Waals surface area contributed by atoms with E-state index in [2.05, 4.69) is 15.9 Å². The third-order valence-corrected chi connectivity index (χ3v) is 5.85. The number of rotatable bonds is 3. The summed E-state index contributed by atoms with van der Waals surface area (Å²) in [6, 6.07) is 7.62. The predicted molar refractivity (Wildman–Crippen MR) is 103 cm³/mol. The molecule has 0 bridgehead atoms. The van der Waals surface area contributed by atoms with Gasteiger partial charge in [0.1, 0.15) is 5.82 Å². The number of ether oxygens (including phenoxy) is 2. The lowest BCUT2D eigenvalue weighted by molar-refractivity contribution is -0.123.